The molecule has 2 rings (SSSR count). The van der Waals surface area contributed by atoms with Gasteiger partial charge in [0.2, 0.25) is 0 Å². The number of hydrogen-bond acceptors (Lipinski definition) is 5. The molecule has 1 aromatic rings. The minimum Gasteiger partial charge on any atom is -0.336 e. The maximum atomic E-state index is 12.2. The van der Waals surface area contributed by atoms with Gasteiger partial charge in [0.05, 0.1) is 6.33 Å². The first-order chi connectivity index (χ1) is 9.97. The number of nitrogens with one attached hydrogen (secondary N) is 2. The van der Waals surface area contributed by atoms with Gasteiger partial charge in [0.25, 0.3) is 10.0 Å². The van der Waals surface area contributed by atoms with Crippen molar-refractivity contribution in [3.8, 4) is 0 Å². The third-order valence-electron chi connectivity index (χ3n) is 3.39. The van der Waals surface area contributed by atoms with Crippen LogP contribution < -0.4 is 10.0 Å². The van der Waals surface area contributed by atoms with Crippen molar-refractivity contribution in [2.24, 2.45) is 5.92 Å². The molecular weight excluding hydrogens is 361 g/mol. The Bertz CT molecular complexity index is 544. The quantitative estimate of drug-likeness (QED) is 0.714. The fourth-order valence-corrected chi connectivity index (χ4v) is 3.31. The van der Waals surface area contributed by atoms with Gasteiger partial charge in [-0.3, -0.25) is 4.90 Å². The highest BCUT2D eigenvalue weighted by atomic mass is 35.5. The topological polar surface area (TPSA) is 79.3 Å². The number of aromatic nitrogens is 2. The first kappa shape index (κ1) is 22.6. The summed E-state index contributed by atoms with van der Waals surface area (Å²) in [5.74, 6) is 0.454. The molecular formula is C13H27Cl2N5O2S. The average Bonchev–Trinajstić information content (AvgIpc) is 2.88. The van der Waals surface area contributed by atoms with Gasteiger partial charge in [0.1, 0.15) is 0 Å². The summed E-state index contributed by atoms with van der Waals surface area (Å²) < 4.78 is 28.7. The molecule has 0 amide bonds. The molecule has 0 atom stereocenters. The molecule has 0 aromatic carbocycles. The summed E-state index contributed by atoms with van der Waals surface area (Å²) in [5, 5.41) is 3.37. The van der Waals surface area contributed by atoms with Crippen molar-refractivity contribution in [3.63, 3.8) is 0 Å². The Hall–Kier alpha value is -0.380. The van der Waals surface area contributed by atoms with Crippen LogP contribution in [0.25, 0.3) is 0 Å². The minimum absolute atomic E-state index is 0. The highest BCUT2D eigenvalue weighted by molar-refractivity contribution is 7.89. The van der Waals surface area contributed by atoms with E-state index in [1.165, 1.54) is 0 Å². The lowest BCUT2D eigenvalue weighted by Gasteiger charge is -2.26. The van der Waals surface area contributed by atoms with Crippen LogP contribution in [0.15, 0.2) is 17.6 Å². The molecule has 10 heteroatoms. The molecule has 2 N–H and O–H groups in total. The molecule has 1 aliphatic rings. The Kier molecular flexibility index (Phi) is 10.3. The van der Waals surface area contributed by atoms with E-state index in [9.17, 15) is 8.42 Å². The Balaban J connectivity index is 0.00000242. The SMILES string of the molecule is CC(C)Cn1cnc(S(=O)(=O)NCCN2CCNCC2)c1.Cl.Cl. The Morgan fingerprint density at radius 2 is 1.96 bits per heavy atom. The molecule has 1 saturated heterocycles. The summed E-state index contributed by atoms with van der Waals surface area (Å²) in [6, 6.07) is 0. The van der Waals surface area contributed by atoms with Crippen LogP contribution in [0.4, 0.5) is 0 Å². The molecule has 23 heavy (non-hydrogen) atoms. The molecule has 7 nitrogen and oxygen atoms in total. The summed E-state index contributed by atoms with van der Waals surface area (Å²) in [6.45, 7) is 9.93. The van der Waals surface area contributed by atoms with Crippen molar-refractivity contribution < 1.29 is 8.42 Å². The van der Waals surface area contributed by atoms with Crippen molar-refractivity contribution in [1.29, 1.82) is 0 Å². The molecule has 1 aliphatic heterocycles. The van der Waals surface area contributed by atoms with Gasteiger partial charge in [0.15, 0.2) is 5.03 Å². The monoisotopic (exact) mass is 387 g/mol. The molecule has 0 spiro atoms. The summed E-state index contributed by atoms with van der Waals surface area (Å²) in [7, 11) is -3.50. The molecule has 0 radical (unpaired) electrons. The fourth-order valence-electron chi connectivity index (χ4n) is 2.35. The summed E-state index contributed by atoms with van der Waals surface area (Å²) in [4.78, 5) is 6.24. The van der Waals surface area contributed by atoms with Gasteiger partial charge in [-0.2, -0.15) is 0 Å². The molecule has 0 unspecified atom stereocenters. The Morgan fingerprint density at radius 1 is 1.30 bits per heavy atom. The van der Waals surface area contributed by atoms with Gasteiger partial charge in [-0.1, -0.05) is 13.8 Å². The Labute approximate surface area is 151 Å². The maximum Gasteiger partial charge on any atom is 0.259 e. The second kappa shape index (κ2) is 10.5. The summed E-state index contributed by atoms with van der Waals surface area (Å²) >= 11 is 0. The van der Waals surface area contributed by atoms with E-state index < -0.39 is 10.0 Å². The zero-order chi connectivity index (χ0) is 15.3. The van der Waals surface area contributed by atoms with Crippen molar-refractivity contribution in [2.45, 2.75) is 25.4 Å². The second-order valence-corrected chi connectivity index (χ2v) is 7.51. The standard InChI is InChI=1S/C13H25N5O2S.2ClH/c1-12(2)9-18-10-13(15-11-18)21(19,20)16-5-8-17-6-3-14-4-7-17;;/h10-12,14,16H,3-9H2,1-2H3;2*1H. The lowest BCUT2D eigenvalue weighted by molar-refractivity contribution is 0.245. The smallest absolute Gasteiger partial charge is 0.259 e. The lowest BCUT2D eigenvalue weighted by atomic mass is 10.2. The molecule has 1 aromatic heterocycles. The van der Waals surface area contributed by atoms with E-state index in [1.807, 2.05) is 4.57 Å². The van der Waals surface area contributed by atoms with E-state index in [4.69, 9.17) is 0 Å². The molecule has 0 saturated carbocycles. The van der Waals surface area contributed by atoms with Crippen molar-refractivity contribution in [2.75, 3.05) is 39.3 Å². The van der Waals surface area contributed by atoms with Crippen LogP contribution >= 0.6 is 24.8 Å². The van der Waals surface area contributed by atoms with Gasteiger partial charge in [-0.15, -0.1) is 24.8 Å². The normalized spacial score (nSPS) is 16.0. The van der Waals surface area contributed by atoms with Crippen LogP contribution in [0, 0.1) is 5.92 Å². The average molecular weight is 388 g/mol. The number of hydrogen-bond donors (Lipinski definition) is 2. The molecule has 2 heterocycles. The highest BCUT2D eigenvalue weighted by Gasteiger charge is 2.18. The van der Waals surface area contributed by atoms with Gasteiger partial charge in [0, 0.05) is 52.0 Å². The minimum atomic E-state index is -3.50. The van der Waals surface area contributed by atoms with E-state index in [2.05, 4.69) is 33.8 Å². The zero-order valence-corrected chi connectivity index (χ0v) is 16.0. The molecule has 1 fully saturated rings. The third kappa shape index (κ3) is 7.36. The first-order valence-electron chi connectivity index (χ1n) is 7.42. The van der Waals surface area contributed by atoms with Crippen molar-refractivity contribution >= 4 is 34.8 Å². The molecule has 136 valence electrons. The fraction of sp³-hybridized carbons (Fsp3) is 0.769. The van der Waals surface area contributed by atoms with Crippen LogP contribution in [0.3, 0.4) is 0 Å². The highest BCUT2D eigenvalue weighted by Crippen LogP contribution is 2.07. The maximum absolute atomic E-state index is 12.2. The van der Waals surface area contributed by atoms with Crippen LogP contribution in [0.1, 0.15) is 13.8 Å². The number of sulfonamides is 1. The van der Waals surface area contributed by atoms with E-state index in [-0.39, 0.29) is 29.8 Å². The van der Waals surface area contributed by atoms with E-state index >= 15 is 0 Å². The number of halogens is 2. The van der Waals surface area contributed by atoms with E-state index in [0.29, 0.717) is 12.5 Å². The van der Waals surface area contributed by atoms with Gasteiger partial charge < -0.3 is 9.88 Å². The molecule has 0 bridgehead atoms. The number of rotatable bonds is 7. The lowest BCUT2D eigenvalue weighted by Crippen LogP contribution is -2.46. The Morgan fingerprint density at radius 3 is 2.57 bits per heavy atom. The van der Waals surface area contributed by atoms with Crippen molar-refractivity contribution in [1.82, 2.24) is 24.5 Å². The van der Waals surface area contributed by atoms with Gasteiger partial charge in [-0.25, -0.2) is 18.1 Å². The van der Waals surface area contributed by atoms with E-state index in [1.54, 1.807) is 12.5 Å². The first-order valence-corrected chi connectivity index (χ1v) is 8.90. The third-order valence-corrected chi connectivity index (χ3v) is 4.74. The van der Waals surface area contributed by atoms with Crippen LogP contribution in [-0.4, -0.2) is 62.1 Å². The second-order valence-electron chi connectivity index (χ2n) is 5.79. The van der Waals surface area contributed by atoms with Gasteiger partial charge in [-0.05, 0) is 5.92 Å². The van der Waals surface area contributed by atoms with Gasteiger partial charge >= 0.3 is 0 Å². The van der Waals surface area contributed by atoms with Crippen molar-refractivity contribution in [3.05, 3.63) is 12.5 Å². The number of piperazine rings is 1. The number of imidazole rings is 1. The van der Waals surface area contributed by atoms with Crippen LogP contribution in [-0.2, 0) is 16.6 Å². The number of nitrogens with zero attached hydrogens (tertiary/aromatic N) is 3. The zero-order valence-electron chi connectivity index (χ0n) is 13.6. The summed E-state index contributed by atoms with van der Waals surface area (Å²) in [6.07, 6.45) is 3.16. The summed E-state index contributed by atoms with van der Waals surface area (Å²) in [5.41, 5.74) is 0. The largest absolute Gasteiger partial charge is 0.336 e. The predicted molar refractivity (Wildman–Crippen MR) is 96.1 cm³/mol. The molecule has 0 aliphatic carbocycles. The van der Waals surface area contributed by atoms with E-state index in [0.717, 1.165) is 39.3 Å². The predicted octanol–water partition coefficient (Wildman–Crippen LogP) is 0.566. The van der Waals surface area contributed by atoms with Crippen LogP contribution in [0.5, 0.6) is 0 Å². The van der Waals surface area contributed by atoms with Crippen LogP contribution in [0.2, 0.25) is 0 Å².